The molecule has 3 aromatic heterocycles. The van der Waals surface area contributed by atoms with Gasteiger partial charge in [-0.3, -0.25) is 4.57 Å². The van der Waals surface area contributed by atoms with Gasteiger partial charge in [0, 0.05) is 27.3 Å². The lowest BCUT2D eigenvalue weighted by molar-refractivity contribution is 0.265. The largest absolute Gasteiger partial charge is 0.484 e. The Morgan fingerprint density at radius 3 is 2.43 bits per heavy atom. The molecular formula is C37H22N2O3. The minimum atomic E-state index is -0.141. The normalized spacial score (nSPS) is 17.1. The Morgan fingerprint density at radius 1 is 0.667 bits per heavy atom. The fraction of sp³-hybridized carbons (Fsp3) is 0.0541. The Bertz CT molecular complexity index is 2410. The Kier molecular flexibility index (Phi) is 4.23. The predicted octanol–water partition coefficient (Wildman–Crippen LogP) is 9.26. The summed E-state index contributed by atoms with van der Waals surface area (Å²) in [5.41, 5.74) is 8.05. The van der Waals surface area contributed by atoms with Crippen molar-refractivity contribution in [3.05, 3.63) is 132 Å². The maximum atomic E-state index is 6.62. The molecule has 5 nitrogen and oxygen atoms in total. The van der Waals surface area contributed by atoms with Crippen molar-refractivity contribution in [1.29, 1.82) is 0 Å². The molecule has 198 valence electrons. The molecular weight excluding hydrogens is 520 g/mol. The molecule has 0 saturated carbocycles. The van der Waals surface area contributed by atoms with E-state index in [1.807, 2.05) is 24.3 Å². The summed E-state index contributed by atoms with van der Waals surface area (Å²) >= 11 is 0. The van der Waals surface area contributed by atoms with Gasteiger partial charge in [0.05, 0.1) is 22.3 Å². The highest BCUT2D eigenvalue weighted by Crippen LogP contribution is 2.50. The first kappa shape index (κ1) is 22.2. The molecule has 0 spiro atoms. The van der Waals surface area contributed by atoms with Crippen LogP contribution in [0.15, 0.2) is 124 Å². The number of aromatic nitrogens is 2. The van der Waals surface area contributed by atoms with E-state index in [1.54, 1.807) is 0 Å². The Hall–Kier alpha value is -5.55. The number of para-hydroxylation sites is 3. The molecule has 5 aromatic carbocycles. The number of fused-ring (bicyclic) bond motifs is 12. The van der Waals surface area contributed by atoms with Crippen molar-refractivity contribution in [1.82, 2.24) is 9.55 Å². The third kappa shape index (κ3) is 2.84. The maximum absolute atomic E-state index is 6.62. The van der Waals surface area contributed by atoms with Crippen molar-refractivity contribution in [2.45, 2.75) is 12.0 Å². The molecule has 0 amide bonds. The fourth-order valence-corrected chi connectivity index (χ4v) is 7.03. The van der Waals surface area contributed by atoms with Crippen molar-refractivity contribution in [2.75, 3.05) is 0 Å². The van der Waals surface area contributed by atoms with Gasteiger partial charge in [0.15, 0.2) is 5.76 Å². The number of nitrogens with zero attached hydrogens (tertiary/aromatic N) is 2. The monoisotopic (exact) mass is 542 g/mol. The highest BCUT2D eigenvalue weighted by Gasteiger charge is 2.41. The van der Waals surface area contributed by atoms with Gasteiger partial charge >= 0.3 is 6.01 Å². The number of oxazole rings is 1. The van der Waals surface area contributed by atoms with Crippen LogP contribution in [0.2, 0.25) is 0 Å². The van der Waals surface area contributed by atoms with Gasteiger partial charge in [0.25, 0.3) is 0 Å². The molecule has 0 bridgehead atoms. The van der Waals surface area contributed by atoms with E-state index >= 15 is 0 Å². The lowest BCUT2D eigenvalue weighted by Crippen LogP contribution is -2.20. The Morgan fingerprint density at radius 2 is 1.50 bits per heavy atom. The number of rotatable bonds is 2. The first-order valence-electron chi connectivity index (χ1n) is 14.2. The van der Waals surface area contributed by atoms with E-state index in [4.69, 9.17) is 18.6 Å². The SMILES string of the molecule is C1=CC2Oc3c(-c4ccccc4)cccc3C2c2nc(-n3c4ccccc4c4ccc5oc6ccccc6c5c43)oc21. The van der Waals surface area contributed by atoms with Gasteiger partial charge in [-0.15, -0.1) is 0 Å². The number of benzene rings is 5. The van der Waals surface area contributed by atoms with Crippen molar-refractivity contribution >= 4 is 49.8 Å². The summed E-state index contributed by atoms with van der Waals surface area (Å²) in [7, 11) is 0. The molecule has 0 saturated heterocycles. The average Bonchev–Trinajstić information content (AvgIpc) is 3.80. The van der Waals surface area contributed by atoms with Crippen LogP contribution in [0.4, 0.5) is 0 Å². The standard InChI is InChI=1S/C37H22N2O3/c1-2-9-21(10-3-1)22-13-8-14-26-32-29(41-36(22)26)19-20-31-34(32)38-37(42-31)39-27-15-6-4-11-23(27)24-17-18-30-33(35(24)39)25-12-5-7-16-28(25)40-30/h1-20,29,32H. The topological polar surface area (TPSA) is 53.3 Å². The summed E-state index contributed by atoms with van der Waals surface area (Å²) in [6.07, 6.45) is 3.97. The summed E-state index contributed by atoms with van der Waals surface area (Å²) in [6, 6.07) is 38.2. The summed E-state index contributed by atoms with van der Waals surface area (Å²) < 4.78 is 21.7. The van der Waals surface area contributed by atoms with Crippen LogP contribution in [0.5, 0.6) is 5.75 Å². The van der Waals surface area contributed by atoms with Crippen LogP contribution in [-0.4, -0.2) is 15.7 Å². The van der Waals surface area contributed by atoms with Crippen molar-refractivity contribution in [3.8, 4) is 22.9 Å². The fourth-order valence-electron chi connectivity index (χ4n) is 7.03. The zero-order chi connectivity index (χ0) is 27.4. The highest BCUT2D eigenvalue weighted by molar-refractivity contribution is 6.24. The minimum Gasteiger partial charge on any atom is -0.484 e. The molecule has 42 heavy (non-hydrogen) atoms. The van der Waals surface area contributed by atoms with Gasteiger partial charge in [0.1, 0.15) is 28.7 Å². The summed E-state index contributed by atoms with van der Waals surface area (Å²) in [4.78, 5) is 5.24. The minimum absolute atomic E-state index is 0.0518. The second kappa shape index (κ2) is 8.02. The summed E-state index contributed by atoms with van der Waals surface area (Å²) in [5, 5.41) is 4.42. The predicted molar refractivity (Wildman–Crippen MR) is 165 cm³/mol. The van der Waals surface area contributed by atoms with Crippen LogP contribution in [0.25, 0.3) is 67.0 Å². The summed E-state index contributed by atoms with van der Waals surface area (Å²) in [6.45, 7) is 0. The molecule has 0 N–H and O–H groups in total. The highest BCUT2D eigenvalue weighted by atomic mass is 16.5. The number of furan rings is 1. The number of ether oxygens (including phenoxy) is 1. The van der Waals surface area contributed by atoms with Crippen LogP contribution >= 0.6 is 0 Å². The van der Waals surface area contributed by atoms with E-state index < -0.39 is 0 Å². The van der Waals surface area contributed by atoms with Crippen LogP contribution in [0.3, 0.4) is 0 Å². The van der Waals surface area contributed by atoms with Gasteiger partial charge in [-0.05, 0) is 42.0 Å². The maximum Gasteiger partial charge on any atom is 0.307 e. The molecule has 2 atom stereocenters. The average molecular weight is 543 g/mol. The lowest BCUT2D eigenvalue weighted by Gasteiger charge is -2.17. The zero-order valence-corrected chi connectivity index (χ0v) is 22.3. The van der Waals surface area contributed by atoms with Gasteiger partial charge in [-0.1, -0.05) is 84.9 Å². The van der Waals surface area contributed by atoms with E-state index in [2.05, 4.69) is 102 Å². The van der Waals surface area contributed by atoms with Crippen molar-refractivity contribution < 1.29 is 13.6 Å². The molecule has 4 heterocycles. The second-order valence-corrected chi connectivity index (χ2v) is 11.0. The van der Waals surface area contributed by atoms with E-state index in [0.717, 1.165) is 77.6 Å². The van der Waals surface area contributed by atoms with Gasteiger partial charge in [0.2, 0.25) is 0 Å². The molecule has 10 rings (SSSR count). The number of hydrogen-bond donors (Lipinski definition) is 0. The third-order valence-electron chi connectivity index (χ3n) is 8.82. The third-order valence-corrected chi connectivity index (χ3v) is 8.82. The van der Waals surface area contributed by atoms with Gasteiger partial charge in [-0.2, -0.15) is 4.98 Å². The first-order chi connectivity index (χ1) is 20.8. The second-order valence-electron chi connectivity index (χ2n) is 11.0. The smallest absolute Gasteiger partial charge is 0.307 e. The molecule has 1 aliphatic carbocycles. The van der Waals surface area contributed by atoms with Crippen molar-refractivity contribution in [2.24, 2.45) is 0 Å². The zero-order valence-electron chi connectivity index (χ0n) is 22.3. The molecule has 0 radical (unpaired) electrons. The van der Waals surface area contributed by atoms with E-state index in [1.165, 1.54) is 0 Å². The quantitative estimate of drug-likeness (QED) is 0.218. The molecule has 1 aliphatic heterocycles. The van der Waals surface area contributed by atoms with Crippen LogP contribution in [0, 0.1) is 0 Å². The van der Waals surface area contributed by atoms with Crippen LogP contribution in [0.1, 0.15) is 22.9 Å². The van der Waals surface area contributed by atoms with Crippen LogP contribution in [-0.2, 0) is 0 Å². The van der Waals surface area contributed by atoms with E-state index in [-0.39, 0.29) is 12.0 Å². The van der Waals surface area contributed by atoms with Crippen LogP contribution < -0.4 is 4.74 Å². The summed E-state index contributed by atoms with van der Waals surface area (Å²) in [5.74, 6) is 1.64. The van der Waals surface area contributed by atoms with Gasteiger partial charge in [-0.25, -0.2) is 0 Å². The van der Waals surface area contributed by atoms with Gasteiger partial charge < -0.3 is 13.6 Å². The van der Waals surface area contributed by atoms with E-state index in [9.17, 15) is 0 Å². The molecule has 2 unspecified atom stereocenters. The lowest BCUT2D eigenvalue weighted by atomic mass is 9.87. The molecule has 0 fully saturated rings. The Labute approximate surface area is 239 Å². The molecule has 8 aromatic rings. The number of hydrogen-bond acceptors (Lipinski definition) is 4. The Balaban J connectivity index is 1.23. The molecule has 5 heteroatoms. The van der Waals surface area contributed by atoms with Crippen molar-refractivity contribution in [3.63, 3.8) is 0 Å². The van der Waals surface area contributed by atoms with E-state index in [0.29, 0.717) is 6.01 Å². The first-order valence-corrected chi connectivity index (χ1v) is 14.2. The molecule has 2 aliphatic rings.